The summed E-state index contributed by atoms with van der Waals surface area (Å²) in [5, 5.41) is 3.29. The number of esters is 1. The molecule has 1 N–H and O–H groups in total. The van der Waals surface area contributed by atoms with E-state index in [0.29, 0.717) is 23.8 Å². The Morgan fingerprint density at radius 3 is 2.79 bits per heavy atom. The van der Waals surface area contributed by atoms with Crippen LogP contribution in [-0.2, 0) is 4.74 Å². The minimum absolute atomic E-state index is 0.0333. The van der Waals surface area contributed by atoms with Crippen LogP contribution in [0.25, 0.3) is 0 Å². The molecule has 0 spiro atoms. The fourth-order valence-electron chi connectivity index (χ4n) is 2.57. The summed E-state index contributed by atoms with van der Waals surface area (Å²) in [6.07, 6.45) is 4.55. The van der Waals surface area contributed by atoms with Gasteiger partial charge in [0.2, 0.25) is 0 Å². The number of carbonyl (C=O) groups excluding carboxylic acids is 2. The quantitative estimate of drug-likeness (QED) is 0.836. The van der Waals surface area contributed by atoms with Crippen LogP contribution >= 0.6 is 11.3 Å². The second kappa shape index (κ2) is 7.35. The maximum absolute atomic E-state index is 12.3. The SMILES string of the molecule is COC(=O)c1cc(NC2CCN(C(=O)c3cncs3)CC2)ncn1. The molecule has 0 unspecified atom stereocenters. The smallest absolute Gasteiger partial charge is 0.356 e. The van der Waals surface area contributed by atoms with Gasteiger partial charge < -0.3 is 15.0 Å². The lowest BCUT2D eigenvalue weighted by atomic mass is 10.0. The molecular weight excluding hydrogens is 330 g/mol. The van der Waals surface area contributed by atoms with Gasteiger partial charge in [-0.2, -0.15) is 0 Å². The van der Waals surface area contributed by atoms with Crippen molar-refractivity contribution in [2.75, 3.05) is 25.5 Å². The lowest BCUT2D eigenvalue weighted by Crippen LogP contribution is -2.42. The highest BCUT2D eigenvalue weighted by Gasteiger charge is 2.24. The normalized spacial score (nSPS) is 15.1. The second-order valence-electron chi connectivity index (χ2n) is 5.36. The van der Waals surface area contributed by atoms with Gasteiger partial charge in [0, 0.05) is 25.2 Å². The minimum atomic E-state index is -0.495. The number of aromatic nitrogens is 3. The number of ether oxygens (including phenoxy) is 1. The first kappa shape index (κ1) is 16.3. The number of anilines is 1. The van der Waals surface area contributed by atoms with Crippen molar-refractivity contribution in [3.05, 3.63) is 34.7 Å². The topological polar surface area (TPSA) is 97.3 Å². The molecular formula is C15H17N5O3S. The van der Waals surface area contributed by atoms with Gasteiger partial charge in [-0.25, -0.2) is 14.8 Å². The van der Waals surface area contributed by atoms with Crippen LogP contribution in [0.3, 0.4) is 0 Å². The summed E-state index contributed by atoms with van der Waals surface area (Å²) < 4.78 is 4.65. The van der Waals surface area contributed by atoms with E-state index >= 15 is 0 Å². The van der Waals surface area contributed by atoms with Crippen molar-refractivity contribution in [1.29, 1.82) is 0 Å². The molecule has 2 aromatic heterocycles. The zero-order valence-corrected chi connectivity index (χ0v) is 14.0. The molecule has 3 heterocycles. The van der Waals surface area contributed by atoms with Crippen LogP contribution in [0.15, 0.2) is 24.1 Å². The van der Waals surface area contributed by atoms with E-state index < -0.39 is 5.97 Å². The van der Waals surface area contributed by atoms with Gasteiger partial charge in [0.05, 0.1) is 18.8 Å². The molecule has 0 aromatic carbocycles. The molecule has 1 saturated heterocycles. The third-order valence-corrected chi connectivity index (χ3v) is 4.60. The zero-order chi connectivity index (χ0) is 16.9. The third kappa shape index (κ3) is 3.67. The van der Waals surface area contributed by atoms with Crippen molar-refractivity contribution in [1.82, 2.24) is 19.9 Å². The van der Waals surface area contributed by atoms with Gasteiger partial charge in [-0.1, -0.05) is 0 Å². The molecule has 0 bridgehead atoms. The fourth-order valence-corrected chi connectivity index (χ4v) is 3.15. The Morgan fingerprint density at radius 1 is 1.33 bits per heavy atom. The van der Waals surface area contributed by atoms with Crippen molar-refractivity contribution in [2.24, 2.45) is 0 Å². The summed E-state index contributed by atoms with van der Waals surface area (Å²) in [6, 6.07) is 1.76. The van der Waals surface area contributed by atoms with Gasteiger partial charge in [0.1, 0.15) is 17.0 Å². The first-order valence-corrected chi connectivity index (χ1v) is 8.40. The number of hydrogen-bond acceptors (Lipinski definition) is 8. The zero-order valence-electron chi connectivity index (χ0n) is 13.1. The third-order valence-electron chi connectivity index (χ3n) is 3.84. The molecule has 1 amide bonds. The van der Waals surface area contributed by atoms with E-state index in [1.807, 2.05) is 4.90 Å². The Balaban J connectivity index is 1.56. The predicted octanol–water partition coefficient (Wildman–Crippen LogP) is 1.44. The number of piperidine rings is 1. The lowest BCUT2D eigenvalue weighted by molar-refractivity contribution is 0.0593. The summed E-state index contributed by atoms with van der Waals surface area (Å²) >= 11 is 1.36. The Bertz CT molecular complexity index is 714. The molecule has 3 rings (SSSR count). The van der Waals surface area contributed by atoms with E-state index in [4.69, 9.17) is 0 Å². The van der Waals surface area contributed by atoms with Crippen LogP contribution in [0.5, 0.6) is 0 Å². The highest BCUT2D eigenvalue weighted by Crippen LogP contribution is 2.18. The molecule has 0 atom stereocenters. The van der Waals surface area contributed by atoms with Crippen LogP contribution < -0.4 is 5.32 Å². The standard InChI is InChI=1S/C15H17N5O3S/c1-23-15(22)11-6-13(18-8-17-11)19-10-2-4-20(5-3-10)14(21)12-7-16-9-24-12/h6-10H,2-5H2,1H3,(H,17,18,19). The van der Waals surface area contributed by atoms with E-state index in [1.165, 1.54) is 24.8 Å². The Hall–Kier alpha value is -2.55. The molecule has 9 heteroatoms. The molecule has 1 aliphatic rings. The molecule has 0 aliphatic carbocycles. The molecule has 126 valence electrons. The van der Waals surface area contributed by atoms with Gasteiger partial charge in [-0.3, -0.25) is 9.78 Å². The molecule has 0 saturated carbocycles. The number of nitrogens with zero attached hydrogens (tertiary/aromatic N) is 4. The highest BCUT2D eigenvalue weighted by molar-refractivity contribution is 7.11. The van der Waals surface area contributed by atoms with Gasteiger partial charge in [0.15, 0.2) is 5.69 Å². The number of methoxy groups -OCH3 is 1. The summed E-state index contributed by atoms with van der Waals surface area (Å²) in [6.45, 7) is 1.34. The number of nitrogens with one attached hydrogen (secondary N) is 1. The predicted molar refractivity (Wildman–Crippen MR) is 88.0 cm³/mol. The van der Waals surface area contributed by atoms with Crippen LogP contribution in [0, 0.1) is 0 Å². The van der Waals surface area contributed by atoms with Crippen molar-refractivity contribution >= 4 is 29.0 Å². The monoisotopic (exact) mass is 347 g/mol. The van der Waals surface area contributed by atoms with Crippen LogP contribution in [0.4, 0.5) is 5.82 Å². The Morgan fingerprint density at radius 2 is 2.12 bits per heavy atom. The maximum Gasteiger partial charge on any atom is 0.356 e. The number of amides is 1. The molecule has 8 nitrogen and oxygen atoms in total. The van der Waals surface area contributed by atoms with E-state index in [9.17, 15) is 9.59 Å². The molecule has 2 aromatic rings. The summed E-state index contributed by atoms with van der Waals surface area (Å²) in [5.41, 5.74) is 1.88. The van der Waals surface area contributed by atoms with Crippen molar-refractivity contribution in [2.45, 2.75) is 18.9 Å². The van der Waals surface area contributed by atoms with Crippen molar-refractivity contribution in [3.63, 3.8) is 0 Å². The average Bonchev–Trinajstić information content (AvgIpc) is 3.16. The average molecular weight is 347 g/mol. The van der Waals surface area contributed by atoms with Crippen LogP contribution in [-0.4, -0.2) is 58.0 Å². The molecule has 24 heavy (non-hydrogen) atoms. The van der Waals surface area contributed by atoms with Gasteiger partial charge in [-0.15, -0.1) is 11.3 Å². The minimum Gasteiger partial charge on any atom is -0.464 e. The van der Waals surface area contributed by atoms with Crippen LogP contribution in [0.1, 0.15) is 33.0 Å². The maximum atomic E-state index is 12.3. The van der Waals surface area contributed by atoms with Gasteiger partial charge >= 0.3 is 5.97 Å². The number of thiazole rings is 1. The Labute approximate surface area is 142 Å². The molecule has 1 aliphatic heterocycles. The van der Waals surface area contributed by atoms with E-state index in [0.717, 1.165) is 12.8 Å². The van der Waals surface area contributed by atoms with Crippen molar-refractivity contribution < 1.29 is 14.3 Å². The van der Waals surface area contributed by atoms with Crippen LogP contribution in [0.2, 0.25) is 0 Å². The lowest BCUT2D eigenvalue weighted by Gasteiger charge is -2.32. The second-order valence-corrected chi connectivity index (χ2v) is 6.24. The van der Waals surface area contributed by atoms with E-state index in [-0.39, 0.29) is 17.6 Å². The summed E-state index contributed by atoms with van der Waals surface area (Å²) in [7, 11) is 1.31. The Kier molecular flexibility index (Phi) is 4.99. The van der Waals surface area contributed by atoms with E-state index in [2.05, 4.69) is 25.0 Å². The number of likely N-dealkylation sites (tertiary alicyclic amines) is 1. The molecule has 1 fully saturated rings. The van der Waals surface area contributed by atoms with Gasteiger partial charge in [0.25, 0.3) is 5.91 Å². The number of rotatable bonds is 4. The van der Waals surface area contributed by atoms with E-state index in [1.54, 1.807) is 17.8 Å². The van der Waals surface area contributed by atoms with Crippen molar-refractivity contribution in [3.8, 4) is 0 Å². The summed E-state index contributed by atoms with van der Waals surface area (Å²) in [5.74, 6) is 0.119. The fraction of sp³-hybridized carbons (Fsp3) is 0.400. The first-order valence-electron chi connectivity index (χ1n) is 7.52. The largest absolute Gasteiger partial charge is 0.464 e. The number of hydrogen-bond donors (Lipinski definition) is 1. The first-order chi connectivity index (χ1) is 11.7. The highest BCUT2D eigenvalue weighted by atomic mass is 32.1. The molecule has 0 radical (unpaired) electrons. The van der Waals surface area contributed by atoms with Gasteiger partial charge in [-0.05, 0) is 12.8 Å². The summed E-state index contributed by atoms with van der Waals surface area (Å²) in [4.78, 5) is 38.2. The number of carbonyl (C=O) groups is 2.